The van der Waals surface area contributed by atoms with Gasteiger partial charge in [-0.3, -0.25) is 0 Å². The lowest BCUT2D eigenvalue weighted by Gasteiger charge is -2.44. The Morgan fingerprint density at radius 3 is 0.927 bits per heavy atom. The summed E-state index contributed by atoms with van der Waals surface area (Å²) < 4.78 is 4.96. The lowest BCUT2D eigenvalue weighted by Crippen LogP contribution is -2.61. The summed E-state index contributed by atoms with van der Waals surface area (Å²) >= 11 is 0. The maximum absolute atomic E-state index is 2.56. The summed E-state index contributed by atoms with van der Waals surface area (Å²) in [7, 11) is 0. The molecule has 8 nitrogen and oxygen atoms in total. The highest BCUT2D eigenvalue weighted by Gasteiger charge is 2.46. The molecule has 6 heterocycles. The number of hydrogen-bond acceptors (Lipinski definition) is 6. The van der Waals surface area contributed by atoms with Crippen LogP contribution in [0, 0.1) is 34.6 Å². The van der Waals surface area contributed by atoms with E-state index in [1.165, 1.54) is 110 Å². The molecule has 0 saturated heterocycles. The van der Waals surface area contributed by atoms with E-state index in [0.29, 0.717) is 0 Å². The van der Waals surface area contributed by atoms with Gasteiger partial charge in [0.05, 0.1) is 22.1 Å². The Morgan fingerprint density at radius 2 is 0.504 bits per heavy atom. The SMILES string of the molecule is Cc1ccc(N(c2ccc(C)cc2)c2ccc3c(c2)N(c2ccccc2)c2cccc4c2B3c2ccc(N(c3ccc(C)cc3)c3ccc(C)cc3)cc2N4c2cccc(-c3ccc4c(c3)c3ccccc3n4-c3ccc4c(c3)N(c3ccccc3)c3cc(C)cc5c3B4c3ccc(-n4c6ccccc6c6ccccc64)cc3N5c3ccccc3)c2)cc1. The highest BCUT2D eigenvalue weighted by atomic mass is 15.2. The Balaban J connectivity index is 0.665. The average molecular weight is 1570 g/mol. The molecule has 0 aliphatic carbocycles. The van der Waals surface area contributed by atoms with Gasteiger partial charge in [-0.1, -0.05) is 229 Å². The third kappa shape index (κ3) is 11.5. The van der Waals surface area contributed by atoms with Crippen molar-refractivity contribution < 1.29 is 0 Å². The Labute approximate surface area is 717 Å². The Morgan fingerprint density at radius 1 is 0.187 bits per heavy atom. The van der Waals surface area contributed by atoms with E-state index < -0.39 is 0 Å². The molecule has 0 unspecified atom stereocenters. The van der Waals surface area contributed by atoms with E-state index in [9.17, 15) is 0 Å². The van der Waals surface area contributed by atoms with Crippen LogP contribution >= 0.6 is 0 Å². The first kappa shape index (κ1) is 71.6. The molecule has 0 spiro atoms. The minimum absolute atomic E-state index is 0.0967. The van der Waals surface area contributed by atoms with Crippen LogP contribution in [-0.4, -0.2) is 22.6 Å². The molecule has 20 aromatic rings. The van der Waals surface area contributed by atoms with Crippen molar-refractivity contribution in [3.05, 3.63) is 434 Å². The van der Waals surface area contributed by atoms with Gasteiger partial charge >= 0.3 is 0 Å². The third-order valence-corrected chi connectivity index (χ3v) is 26.1. The van der Waals surface area contributed by atoms with Crippen molar-refractivity contribution in [2.75, 3.05) is 29.4 Å². The molecule has 4 aliphatic heterocycles. The quantitative estimate of drug-likeness (QED) is 0.107. The second kappa shape index (κ2) is 28.3. The highest BCUT2D eigenvalue weighted by Crippen LogP contribution is 2.52. The number of aromatic nitrogens is 2. The molecule has 0 saturated carbocycles. The molecular formula is C113H82B2N8. The van der Waals surface area contributed by atoms with E-state index in [0.717, 1.165) is 119 Å². The van der Waals surface area contributed by atoms with Gasteiger partial charge in [-0.15, -0.1) is 0 Å². The largest absolute Gasteiger partial charge is 0.311 e. The maximum Gasteiger partial charge on any atom is 0.252 e. The smallest absolute Gasteiger partial charge is 0.252 e. The molecule has 2 aromatic heterocycles. The van der Waals surface area contributed by atoms with Crippen molar-refractivity contribution in [3.8, 4) is 22.5 Å². The zero-order valence-corrected chi connectivity index (χ0v) is 68.9. The summed E-state index contributed by atoms with van der Waals surface area (Å²) in [6.07, 6.45) is 0. The Hall–Kier alpha value is -15.5. The third-order valence-electron chi connectivity index (χ3n) is 26.1. The summed E-state index contributed by atoms with van der Waals surface area (Å²) in [4.78, 5) is 15.0. The predicted molar refractivity (Wildman–Crippen MR) is 522 cm³/mol. The molecule has 4 aliphatic rings. The van der Waals surface area contributed by atoms with Gasteiger partial charge in [0, 0.05) is 135 Å². The summed E-state index contributed by atoms with van der Waals surface area (Å²) in [5.41, 5.74) is 42.8. The van der Waals surface area contributed by atoms with Gasteiger partial charge in [0.25, 0.3) is 13.4 Å². The molecule has 0 atom stereocenters. The lowest BCUT2D eigenvalue weighted by atomic mass is 9.33. The van der Waals surface area contributed by atoms with E-state index in [4.69, 9.17) is 0 Å². The number of fused-ring (bicyclic) bond motifs is 14. The van der Waals surface area contributed by atoms with Gasteiger partial charge in [-0.25, -0.2) is 0 Å². The van der Waals surface area contributed by atoms with E-state index in [-0.39, 0.29) is 13.4 Å². The van der Waals surface area contributed by atoms with Crippen molar-refractivity contribution in [2.45, 2.75) is 34.6 Å². The molecule has 10 heteroatoms. The van der Waals surface area contributed by atoms with Crippen LogP contribution in [0.3, 0.4) is 0 Å². The number of rotatable bonds is 13. The zero-order valence-electron chi connectivity index (χ0n) is 68.9. The van der Waals surface area contributed by atoms with Gasteiger partial charge in [-0.05, 0) is 284 Å². The molecule has 0 N–H and O–H groups in total. The first-order chi connectivity index (χ1) is 60.6. The molecule has 123 heavy (non-hydrogen) atoms. The van der Waals surface area contributed by atoms with E-state index in [1.54, 1.807) is 0 Å². The number of nitrogens with zero attached hydrogens (tertiary/aromatic N) is 8. The molecular weight excluding hydrogens is 1490 g/mol. The van der Waals surface area contributed by atoms with Gasteiger partial charge < -0.3 is 38.5 Å². The van der Waals surface area contributed by atoms with E-state index in [2.05, 4.69) is 480 Å². The fourth-order valence-corrected chi connectivity index (χ4v) is 20.5. The molecule has 0 fully saturated rings. The lowest BCUT2D eigenvalue weighted by molar-refractivity contribution is 1.16. The first-order valence-corrected chi connectivity index (χ1v) is 42.8. The van der Waals surface area contributed by atoms with Crippen molar-refractivity contribution in [1.29, 1.82) is 0 Å². The normalized spacial score (nSPS) is 12.8. The monoisotopic (exact) mass is 1570 g/mol. The first-order valence-electron chi connectivity index (χ1n) is 42.8. The molecule has 0 amide bonds. The summed E-state index contributed by atoms with van der Waals surface area (Å²) in [5.74, 6) is 0. The zero-order chi connectivity index (χ0) is 81.8. The van der Waals surface area contributed by atoms with E-state index in [1.807, 2.05) is 0 Å². The van der Waals surface area contributed by atoms with Crippen LogP contribution in [0.5, 0.6) is 0 Å². The fourth-order valence-electron chi connectivity index (χ4n) is 20.5. The summed E-state index contributed by atoms with van der Waals surface area (Å²) in [6.45, 7) is 10.7. The van der Waals surface area contributed by atoms with Crippen LogP contribution in [0.4, 0.5) is 102 Å². The highest BCUT2D eigenvalue weighted by molar-refractivity contribution is 7.01. The van der Waals surface area contributed by atoms with Gasteiger partial charge in [0.15, 0.2) is 0 Å². The van der Waals surface area contributed by atoms with Gasteiger partial charge in [0.2, 0.25) is 0 Å². The fraction of sp³-hybridized carbons (Fsp3) is 0.0442. The maximum atomic E-state index is 2.56. The average Bonchev–Trinajstić information content (AvgIpc) is 1.55. The van der Waals surface area contributed by atoms with Crippen LogP contribution in [0.25, 0.3) is 66.1 Å². The molecule has 0 bridgehead atoms. The van der Waals surface area contributed by atoms with Crippen LogP contribution < -0.4 is 62.2 Å². The van der Waals surface area contributed by atoms with E-state index >= 15 is 0 Å². The predicted octanol–water partition coefficient (Wildman–Crippen LogP) is 26.2. The van der Waals surface area contributed by atoms with Crippen molar-refractivity contribution in [3.63, 3.8) is 0 Å². The minimum Gasteiger partial charge on any atom is -0.311 e. The summed E-state index contributed by atoms with van der Waals surface area (Å²) in [6, 6.07) is 153. The molecule has 580 valence electrons. The number of anilines is 18. The number of hydrogen-bond donors (Lipinski definition) is 0. The molecule has 0 radical (unpaired) electrons. The number of para-hydroxylation sites is 6. The topological polar surface area (TPSA) is 29.3 Å². The van der Waals surface area contributed by atoms with Crippen LogP contribution in [0.2, 0.25) is 0 Å². The van der Waals surface area contributed by atoms with Crippen LogP contribution in [-0.2, 0) is 0 Å². The molecule has 24 rings (SSSR count). The van der Waals surface area contributed by atoms with Crippen LogP contribution in [0.15, 0.2) is 406 Å². The second-order valence-electron chi connectivity index (χ2n) is 33.6. The van der Waals surface area contributed by atoms with Gasteiger partial charge in [-0.2, -0.15) is 0 Å². The number of aryl methyl sites for hydroxylation is 5. The van der Waals surface area contributed by atoms with Crippen molar-refractivity contribution in [1.82, 2.24) is 9.13 Å². The summed E-state index contributed by atoms with van der Waals surface area (Å²) in [5, 5.41) is 4.86. The number of benzene rings is 18. The van der Waals surface area contributed by atoms with Crippen molar-refractivity contribution >= 4 is 192 Å². The van der Waals surface area contributed by atoms with Crippen molar-refractivity contribution in [2.24, 2.45) is 0 Å². The van der Waals surface area contributed by atoms with Gasteiger partial charge in [0.1, 0.15) is 0 Å². The second-order valence-corrected chi connectivity index (χ2v) is 33.6. The Bertz CT molecular complexity index is 7510. The molecule has 18 aromatic carbocycles. The van der Waals surface area contributed by atoms with Crippen LogP contribution in [0.1, 0.15) is 27.8 Å². The Kier molecular flexibility index (Phi) is 16.5. The standard InChI is InChI=1S/C113H82B2N8/c1-73-39-48-83(49-40-73)116(84-50-41-74(2)42-51-84)88-56-60-96-106(69-88)118(80-24-9-6-10-25-80)104-37-22-38-105-112(104)114(96)99-61-57-89(117(85-52-43-75(3)44-53-85)86-54-45-76(4)46-55-86)70-109(99)123(105)87-30-21-23-78(67-87)79-47-64-103-95(68-79)94-33-17-20-36-102(94)122(103)91-59-63-98-108(72-91)120(82-28-13-8-14-29-82)111-66-77(5)65-110-113(111)115(98)97-62-58-90(71-107(97)119(110)81-26-11-7-12-27-81)121-100-34-18-15-31-92(100)93-32-16-19-35-101(93)121/h6-72H,1-5H3. The minimum atomic E-state index is -0.144.